The number of nitrogens with two attached hydrogens (primary N) is 2. The number of ether oxygens (including phenoxy) is 1. The normalized spacial score (nSPS) is 22.7. The Morgan fingerprint density at radius 3 is 3.06 bits per heavy atom. The minimum atomic E-state index is -1.09. The second-order valence-electron chi connectivity index (χ2n) is 8.03. The number of aromatic nitrogens is 2. The first-order chi connectivity index (χ1) is 15.0. The first-order valence-electron chi connectivity index (χ1n) is 10.5. The Balaban J connectivity index is 1.49. The number of nitrogen functional groups attached to an aromatic ring is 1. The Morgan fingerprint density at radius 1 is 1.48 bits per heavy atom. The maximum Gasteiger partial charge on any atom is 0.317 e. The summed E-state index contributed by atoms with van der Waals surface area (Å²) in [4.78, 5) is 16.1. The number of anilines is 1. The molecule has 1 aliphatic carbocycles. The van der Waals surface area contributed by atoms with E-state index in [2.05, 4.69) is 33.0 Å². The van der Waals surface area contributed by atoms with Gasteiger partial charge >= 0.3 is 6.01 Å². The lowest BCUT2D eigenvalue weighted by atomic mass is 9.84. The molecule has 0 spiro atoms. The highest BCUT2D eigenvalue weighted by molar-refractivity contribution is 7.16. The van der Waals surface area contributed by atoms with Crippen LogP contribution in [0.2, 0.25) is 0 Å². The quantitative estimate of drug-likeness (QED) is 0.452. The molecule has 2 aromatic heterocycles. The van der Waals surface area contributed by atoms with Crippen LogP contribution in [0.15, 0.2) is 17.3 Å². The molecule has 0 amide bonds. The number of likely N-dealkylation sites (N-methyl/N-ethyl adjacent to an activating group) is 1. The Labute approximate surface area is 185 Å². The molecule has 1 aliphatic heterocycles. The first kappa shape index (κ1) is 21.5. The number of hydrogen-bond donors (Lipinski definition) is 3. The fraction of sp³-hybridized carbons (Fsp3) is 0.524. The number of aryl methyl sites for hydroxylation is 1. The smallest absolute Gasteiger partial charge is 0.317 e. The summed E-state index contributed by atoms with van der Waals surface area (Å²) in [6.07, 6.45) is 5.20. The number of fused-ring (bicyclic) bond motifs is 1. The number of nitriles is 1. The number of aliphatic hydroxyl groups is 1. The zero-order chi connectivity index (χ0) is 22.0. The van der Waals surface area contributed by atoms with Gasteiger partial charge in [0.25, 0.3) is 0 Å². The van der Waals surface area contributed by atoms with Crippen molar-refractivity contribution >= 4 is 22.2 Å². The molecule has 0 aromatic carbocycles. The van der Waals surface area contributed by atoms with E-state index in [0.29, 0.717) is 35.3 Å². The predicted molar refractivity (Wildman–Crippen MR) is 119 cm³/mol. The van der Waals surface area contributed by atoms with Crippen molar-refractivity contribution in [3.8, 4) is 12.1 Å². The van der Waals surface area contributed by atoms with Crippen LogP contribution in [0.25, 0.3) is 0 Å². The number of aliphatic imine (C=N–C) groups is 1. The van der Waals surface area contributed by atoms with Crippen LogP contribution in [-0.4, -0.2) is 58.3 Å². The number of nitrogens with zero attached hydrogens (tertiary/aromatic N) is 5. The largest absolute Gasteiger partial charge is 0.462 e. The fourth-order valence-corrected chi connectivity index (χ4v) is 5.47. The molecule has 2 aliphatic rings. The summed E-state index contributed by atoms with van der Waals surface area (Å²) < 4.78 is 5.77. The third kappa shape index (κ3) is 4.49. The monoisotopic (exact) mass is 441 g/mol. The van der Waals surface area contributed by atoms with E-state index in [1.165, 1.54) is 11.3 Å². The second kappa shape index (κ2) is 9.18. The van der Waals surface area contributed by atoms with E-state index < -0.39 is 6.23 Å². The van der Waals surface area contributed by atoms with Crippen LogP contribution in [0.3, 0.4) is 0 Å². The van der Waals surface area contributed by atoms with E-state index in [9.17, 15) is 10.4 Å². The van der Waals surface area contributed by atoms with Crippen LogP contribution in [0, 0.1) is 11.3 Å². The molecule has 5 N–H and O–H groups in total. The average Bonchev–Trinajstić information content (AvgIpc) is 3.33. The molecule has 164 valence electrons. The van der Waals surface area contributed by atoms with Gasteiger partial charge in [-0.15, -0.1) is 11.3 Å². The molecule has 31 heavy (non-hydrogen) atoms. The van der Waals surface area contributed by atoms with E-state index >= 15 is 0 Å². The predicted octanol–water partition coefficient (Wildman–Crippen LogP) is 1.61. The SMILES string of the molecule is CN1CCC[C@H]1COc1nccc(/C(N)=N/C(O)C2CCCc3sc(N)c(C#N)c32)n1. The summed E-state index contributed by atoms with van der Waals surface area (Å²) in [5.41, 5.74) is 13.8. The van der Waals surface area contributed by atoms with E-state index in [1.54, 1.807) is 12.3 Å². The van der Waals surface area contributed by atoms with Gasteiger partial charge in [0, 0.05) is 23.0 Å². The van der Waals surface area contributed by atoms with Gasteiger partial charge in [0.2, 0.25) is 0 Å². The Morgan fingerprint density at radius 2 is 2.32 bits per heavy atom. The maximum atomic E-state index is 10.8. The van der Waals surface area contributed by atoms with Gasteiger partial charge < -0.3 is 26.2 Å². The number of likely N-dealkylation sites (tertiary alicyclic amines) is 1. The molecule has 3 atom stereocenters. The molecule has 2 aromatic rings. The van der Waals surface area contributed by atoms with E-state index in [4.69, 9.17) is 16.2 Å². The Bertz CT molecular complexity index is 1020. The van der Waals surface area contributed by atoms with Crippen molar-refractivity contribution in [2.75, 3.05) is 25.9 Å². The van der Waals surface area contributed by atoms with Crippen molar-refractivity contribution in [2.45, 2.75) is 50.3 Å². The van der Waals surface area contributed by atoms with Gasteiger partial charge in [0.15, 0.2) is 6.23 Å². The van der Waals surface area contributed by atoms with Gasteiger partial charge in [0.1, 0.15) is 29.2 Å². The lowest BCUT2D eigenvalue weighted by molar-refractivity contribution is 0.144. The van der Waals surface area contributed by atoms with Crippen LogP contribution in [0.1, 0.15) is 53.3 Å². The molecular weight excluding hydrogens is 414 g/mol. The molecule has 9 nitrogen and oxygen atoms in total. The standard InChI is InChI=1S/C21H27N7O2S/c1-28-9-3-4-12(28)11-30-21-25-8-7-15(26-21)18(23)27-20(29)13-5-2-6-16-17(13)14(10-22)19(24)31-16/h7-8,12-13,20,29H,2-6,9,11,24H2,1H3,(H2,23,27)/t12-,13?,20?/m0/s1. The van der Waals surface area contributed by atoms with Gasteiger partial charge in [-0.2, -0.15) is 10.2 Å². The summed E-state index contributed by atoms with van der Waals surface area (Å²) >= 11 is 1.42. The van der Waals surface area contributed by atoms with Crippen molar-refractivity contribution in [1.29, 1.82) is 5.26 Å². The number of hydrogen-bond acceptors (Lipinski definition) is 9. The molecule has 3 heterocycles. The highest BCUT2D eigenvalue weighted by Gasteiger charge is 2.32. The van der Waals surface area contributed by atoms with Crippen LogP contribution in [-0.2, 0) is 6.42 Å². The summed E-state index contributed by atoms with van der Waals surface area (Å²) in [7, 11) is 2.08. The molecule has 4 rings (SSSR count). The van der Waals surface area contributed by atoms with Gasteiger partial charge in [-0.3, -0.25) is 0 Å². The van der Waals surface area contributed by atoms with Crippen LogP contribution >= 0.6 is 11.3 Å². The maximum absolute atomic E-state index is 10.8. The molecular formula is C21H27N7O2S. The highest BCUT2D eigenvalue weighted by atomic mass is 32.1. The van der Waals surface area contributed by atoms with Crippen molar-refractivity contribution in [1.82, 2.24) is 14.9 Å². The number of thiophene rings is 1. The van der Waals surface area contributed by atoms with Gasteiger partial charge in [-0.1, -0.05) is 0 Å². The minimum absolute atomic E-state index is 0.103. The lowest BCUT2D eigenvalue weighted by Crippen LogP contribution is -2.31. The summed E-state index contributed by atoms with van der Waals surface area (Å²) in [6.45, 7) is 1.58. The number of rotatable bonds is 6. The fourth-order valence-electron chi connectivity index (χ4n) is 4.34. The Hall–Kier alpha value is -2.74. The lowest BCUT2D eigenvalue weighted by Gasteiger charge is -2.25. The number of amidine groups is 1. The third-order valence-electron chi connectivity index (χ3n) is 6.05. The van der Waals surface area contributed by atoms with Gasteiger partial charge in [0.05, 0.1) is 5.56 Å². The highest BCUT2D eigenvalue weighted by Crippen LogP contribution is 2.43. The van der Waals surface area contributed by atoms with E-state index in [1.807, 2.05) is 0 Å². The van der Waals surface area contributed by atoms with Crippen molar-refractivity contribution in [3.05, 3.63) is 34.0 Å². The second-order valence-corrected chi connectivity index (χ2v) is 9.17. The molecule has 0 bridgehead atoms. The molecule has 0 radical (unpaired) electrons. The summed E-state index contributed by atoms with van der Waals surface area (Å²) in [6, 6.07) is 4.40. The number of aliphatic hydroxyl groups excluding tert-OH is 1. The molecule has 10 heteroatoms. The third-order valence-corrected chi connectivity index (χ3v) is 7.15. The molecule has 1 fully saturated rings. The van der Waals surface area contributed by atoms with Crippen molar-refractivity contribution in [3.63, 3.8) is 0 Å². The van der Waals surface area contributed by atoms with Crippen LogP contribution < -0.4 is 16.2 Å². The average molecular weight is 442 g/mol. The van der Waals surface area contributed by atoms with E-state index in [-0.39, 0.29) is 17.8 Å². The first-order valence-corrected chi connectivity index (χ1v) is 11.3. The van der Waals surface area contributed by atoms with E-state index in [0.717, 1.165) is 42.7 Å². The van der Waals surface area contributed by atoms with Crippen LogP contribution in [0.5, 0.6) is 6.01 Å². The molecule has 0 saturated carbocycles. The van der Waals surface area contributed by atoms with Gasteiger partial charge in [-0.25, -0.2) is 9.98 Å². The van der Waals surface area contributed by atoms with Crippen molar-refractivity contribution in [2.24, 2.45) is 10.7 Å². The zero-order valence-electron chi connectivity index (χ0n) is 17.5. The molecule has 2 unspecified atom stereocenters. The van der Waals surface area contributed by atoms with Crippen LogP contribution in [0.4, 0.5) is 5.00 Å². The minimum Gasteiger partial charge on any atom is -0.462 e. The van der Waals surface area contributed by atoms with Gasteiger partial charge in [-0.05, 0) is 57.3 Å². The molecule has 1 saturated heterocycles. The summed E-state index contributed by atoms with van der Waals surface area (Å²) in [5, 5.41) is 20.8. The zero-order valence-corrected chi connectivity index (χ0v) is 18.3. The van der Waals surface area contributed by atoms with Crippen molar-refractivity contribution < 1.29 is 9.84 Å². The summed E-state index contributed by atoms with van der Waals surface area (Å²) in [5.74, 6) is -0.215. The Kier molecular flexibility index (Phi) is 6.36. The topological polar surface area (TPSA) is 147 Å².